The van der Waals surface area contributed by atoms with Crippen molar-refractivity contribution in [1.82, 2.24) is 9.80 Å². The molecule has 0 spiro atoms. The summed E-state index contributed by atoms with van der Waals surface area (Å²) in [5, 5.41) is 11.4. The van der Waals surface area contributed by atoms with Gasteiger partial charge in [0, 0.05) is 18.7 Å². The van der Waals surface area contributed by atoms with Crippen LogP contribution in [0.5, 0.6) is 5.75 Å². The van der Waals surface area contributed by atoms with Crippen molar-refractivity contribution in [1.29, 1.82) is 0 Å². The fourth-order valence-electron chi connectivity index (χ4n) is 4.77. The van der Waals surface area contributed by atoms with Crippen LogP contribution in [-0.4, -0.2) is 52.8 Å². The number of rotatable bonds is 10. The predicted molar refractivity (Wildman–Crippen MR) is 145 cm³/mol. The van der Waals surface area contributed by atoms with Crippen LogP contribution in [0.4, 0.5) is 4.39 Å². The van der Waals surface area contributed by atoms with Gasteiger partial charge in [-0.05, 0) is 67.0 Å². The van der Waals surface area contributed by atoms with E-state index in [2.05, 4.69) is 4.90 Å². The van der Waals surface area contributed by atoms with Crippen LogP contribution >= 0.6 is 0 Å². The molecule has 1 aliphatic rings. The first-order valence-electron chi connectivity index (χ1n) is 12.9. The lowest BCUT2D eigenvalue weighted by Crippen LogP contribution is -2.38. The van der Waals surface area contributed by atoms with Crippen LogP contribution in [0.25, 0.3) is 5.76 Å². The first kappa shape index (κ1) is 27.1. The minimum atomic E-state index is -0.820. The zero-order valence-corrected chi connectivity index (χ0v) is 22.0. The van der Waals surface area contributed by atoms with Crippen LogP contribution in [0.1, 0.15) is 42.1 Å². The van der Waals surface area contributed by atoms with Crippen molar-refractivity contribution in [2.45, 2.75) is 33.4 Å². The van der Waals surface area contributed by atoms with Crippen molar-refractivity contribution in [2.75, 3.05) is 26.2 Å². The summed E-state index contributed by atoms with van der Waals surface area (Å²) < 4.78 is 19.6. The molecular weight excluding hydrogens is 483 g/mol. The van der Waals surface area contributed by atoms with E-state index in [9.17, 15) is 19.1 Å². The Hall–Kier alpha value is -3.97. The molecule has 0 aromatic heterocycles. The van der Waals surface area contributed by atoms with Gasteiger partial charge in [-0.25, -0.2) is 4.39 Å². The fourth-order valence-corrected chi connectivity index (χ4v) is 4.77. The largest absolute Gasteiger partial charge is 0.507 e. The number of likely N-dealkylation sites (tertiary alicyclic amines) is 1. The van der Waals surface area contributed by atoms with Crippen LogP contribution < -0.4 is 4.74 Å². The highest BCUT2D eigenvalue weighted by Gasteiger charge is 2.46. The summed E-state index contributed by atoms with van der Waals surface area (Å²) in [6, 6.07) is 19.9. The lowest BCUT2D eigenvalue weighted by atomic mass is 9.94. The topological polar surface area (TPSA) is 70.1 Å². The summed E-state index contributed by atoms with van der Waals surface area (Å²) in [7, 11) is 0. The summed E-state index contributed by atoms with van der Waals surface area (Å²) >= 11 is 0. The Morgan fingerprint density at radius 1 is 1.00 bits per heavy atom. The molecule has 38 heavy (non-hydrogen) atoms. The van der Waals surface area contributed by atoms with Gasteiger partial charge in [0.25, 0.3) is 11.7 Å². The summed E-state index contributed by atoms with van der Waals surface area (Å²) in [4.78, 5) is 30.1. The molecule has 7 heteroatoms. The average Bonchev–Trinajstić information content (AvgIpc) is 3.18. The highest BCUT2D eigenvalue weighted by Crippen LogP contribution is 2.40. The molecule has 3 aromatic rings. The van der Waals surface area contributed by atoms with E-state index in [0.717, 1.165) is 18.7 Å². The van der Waals surface area contributed by atoms with E-state index in [4.69, 9.17) is 4.74 Å². The number of ether oxygens (including phenoxy) is 1. The Bertz CT molecular complexity index is 1320. The van der Waals surface area contributed by atoms with Gasteiger partial charge in [-0.1, -0.05) is 56.3 Å². The van der Waals surface area contributed by atoms with Gasteiger partial charge >= 0.3 is 0 Å². The monoisotopic (exact) mass is 516 g/mol. The molecule has 4 rings (SSSR count). The number of likely N-dealkylation sites (N-methyl/N-ethyl adjacent to an activating group) is 1. The van der Waals surface area contributed by atoms with Gasteiger partial charge < -0.3 is 19.6 Å². The predicted octanol–water partition coefficient (Wildman–Crippen LogP) is 5.48. The highest BCUT2D eigenvalue weighted by molar-refractivity contribution is 6.46. The maximum atomic E-state index is 13.7. The molecule has 1 saturated heterocycles. The normalized spacial score (nSPS) is 16.9. The number of carbonyl (C=O) groups is 2. The second-order valence-corrected chi connectivity index (χ2v) is 9.32. The molecule has 1 amide bonds. The number of halogens is 1. The lowest BCUT2D eigenvalue weighted by molar-refractivity contribution is -0.140. The second kappa shape index (κ2) is 12.0. The minimum absolute atomic E-state index is 0.00205. The van der Waals surface area contributed by atoms with Crippen LogP contribution in [0.15, 0.2) is 78.4 Å². The van der Waals surface area contributed by atoms with Gasteiger partial charge in [-0.3, -0.25) is 9.59 Å². The van der Waals surface area contributed by atoms with Gasteiger partial charge in [-0.15, -0.1) is 0 Å². The number of aliphatic hydroxyl groups excluding tert-OH is 1. The van der Waals surface area contributed by atoms with E-state index >= 15 is 0 Å². The third-order valence-electron chi connectivity index (χ3n) is 6.98. The Morgan fingerprint density at radius 3 is 2.32 bits per heavy atom. The molecule has 0 aliphatic carbocycles. The van der Waals surface area contributed by atoms with E-state index in [-0.39, 0.29) is 11.3 Å². The number of ketones is 1. The third kappa shape index (κ3) is 5.78. The molecule has 0 unspecified atom stereocenters. The van der Waals surface area contributed by atoms with Crippen LogP contribution in [0.3, 0.4) is 0 Å². The summed E-state index contributed by atoms with van der Waals surface area (Å²) in [5.41, 5.74) is 2.72. The SMILES string of the molecule is CCN(CC)CCN1C(=O)C(=O)/C(=C(/O)c2ccc(OCc3ccccc3)cc2C)[C@@H]1c1ccc(F)cc1. The maximum Gasteiger partial charge on any atom is 0.295 e. The number of nitrogens with zero attached hydrogens (tertiary/aromatic N) is 2. The van der Waals surface area contributed by atoms with Crippen molar-refractivity contribution in [3.8, 4) is 5.75 Å². The van der Waals surface area contributed by atoms with Crippen molar-refractivity contribution >= 4 is 17.4 Å². The van der Waals surface area contributed by atoms with Crippen molar-refractivity contribution in [2.24, 2.45) is 0 Å². The van der Waals surface area contributed by atoms with E-state index in [1.165, 1.54) is 17.0 Å². The van der Waals surface area contributed by atoms with E-state index in [1.807, 2.05) is 51.1 Å². The number of Topliss-reactive ketones (excluding diaryl/α,β-unsaturated/α-hetero) is 1. The summed E-state index contributed by atoms with van der Waals surface area (Å²) in [6.45, 7) is 8.76. The van der Waals surface area contributed by atoms with Gasteiger partial charge in [0.05, 0.1) is 11.6 Å². The number of amides is 1. The molecule has 1 heterocycles. The van der Waals surface area contributed by atoms with Crippen LogP contribution in [0.2, 0.25) is 0 Å². The quantitative estimate of drug-likeness (QED) is 0.220. The molecule has 1 aliphatic heterocycles. The highest BCUT2D eigenvalue weighted by atomic mass is 19.1. The molecule has 6 nitrogen and oxygen atoms in total. The van der Waals surface area contributed by atoms with Crippen molar-refractivity contribution < 1.29 is 23.8 Å². The zero-order chi connectivity index (χ0) is 27.2. The summed E-state index contributed by atoms with van der Waals surface area (Å²) in [6.07, 6.45) is 0. The smallest absolute Gasteiger partial charge is 0.295 e. The van der Waals surface area contributed by atoms with Crippen LogP contribution in [0, 0.1) is 12.7 Å². The fraction of sp³-hybridized carbons (Fsp3) is 0.290. The first-order valence-corrected chi connectivity index (χ1v) is 12.9. The lowest BCUT2D eigenvalue weighted by Gasteiger charge is -2.28. The molecule has 1 fully saturated rings. The third-order valence-corrected chi connectivity index (χ3v) is 6.98. The molecule has 0 saturated carbocycles. The Labute approximate surface area is 223 Å². The Kier molecular flexibility index (Phi) is 8.59. The van der Waals surface area contributed by atoms with Crippen molar-refractivity contribution in [3.05, 3.63) is 106 Å². The standard InChI is InChI=1S/C31H33FN2O4/c1-4-33(5-2)17-18-34-28(23-11-13-24(32)14-12-23)27(30(36)31(34)37)29(35)26-16-15-25(19-21(26)3)38-20-22-9-7-6-8-10-22/h6-16,19,28,35H,4-5,17-18,20H2,1-3H3/b29-27+/t28-/m0/s1. The molecule has 198 valence electrons. The van der Waals surface area contributed by atoms with E-state index in [0.29, 0.717) is 42.1 Å². The summed E-state index contributed by atoms with van der Waals surface area (Å²) in [5.74, 6) is -1.47. The second-order valence-electron chi connectivity index (χ2n) is 9.32. The molecule has 0 bridgehead atoms. The van der Waals surface area contributed by atoms with Gasteiger partial charge in [-0.2, -0.15) is 0 Å². The Morgan fingerprint density at radius 2 is 1.68 bits per heavy atom. The van der Waals surface area contributed by atoms with E-state index in [1.54, 1.807) is 30.3 Å². The van der Waals surface area contributed by atoms with Crippen LogP contribution in [-0.2, 0) is 16.2 Å². The number of hydrogen-bond acceptors (Lipinski definition) is 5. The van der Waals surface area contributed by atoms with E-state index < -0.39 is 23.5 Å². The van der Waals surface area contributed by atoms with Gasteiger partial charge in [0.1, 0.15) is 23.9 Å². The zero-order valence-electron chi connectivity index (χ0n) is 22.0. The number of hydrogen-bond donors (Lipinski definition) is 1. The Balaban J connectivity index is 1.69. The molecule has 1 atom stereocenters. The molecule has 0 radical (unpaired) electrons. The number of benzene rings is 3. The van der Waals surface area contributed by atoms with Gasteiger partial charge in [0.2, 0.25) is 0 Å². The molecule has 1 N–H and O–H groups in total. The number of carbonyl (C=O) groups excluding carboxylic acids is 2. The average molecular weight is 517 g/mol. The minimum Gasteiger partial charge on any atom is -0.507 e. The molecule has 3 aromatic carbocycles. The molecular formula is C31H33FN2O4. The number of aryl methyl sites for hydroxylation is 1. The maximum absolute atomic E-state index is 13.7. The van der Waals surface area contributed by atoms with Crippen molar-refractivity contribution in [3.63, 3.8) is 0 Å². The number of aliphatic hydroxyl groups is 1. The first-order chi connectivity index (χ1) is 18.3. The van der Waals surface area contributed by atoms with Gasteiger partial charge in [0.15, 0.2) is 0 Å².